The largest absolute Gasteiger partial charge is 0.439 e. The summed E-state index contributed by atoms with van der Waals surface area (Å²) < 4.78 is 7.74. The van der Waals surface area contributed by atoms with E-state index in [1.165, 1.54) is 0 Å². The molecule has 3 heterocycles. The summed E-state index contributed by atoms with van der Waals surface area (Å²) in [7, 11) is 0. The van der Waals surface area contributed by atoms with Crippen LogP contribution >= 0.6 is 12.4 Å². The third-order valence-corrected chi connectivity index (χ3v) is 5.25. The highest BCUT2D eigenvalue weighted by atomic mass is 35.5. The molecule has 4 rings (SSSR count). The number of aryl methyl sites for hydroxylation is 1. The molecule has 0 radical (unpaired) electrons. The maximum absolute atomic E-state index is 12.5. The maximum Gasteiger partial charge on any atom is 0.276 e. The van der Waals surface area contributed by atoms with Gasteiger partial charge in [-0.05, 0) is 62.6 Å². The van der Waals surface area contributed by atoms with Gasteiger partial charge < -0.3 is 15.4 Å². The number of carbonyl (C=O) groups excluding carboxylic acids is 1. The molecule has 1 aliphatic rings. The van der Waals surface area contributed by atoms with Crippen molar-refractivity contribution >= 4 is 24.0 Å². The number of piperidine rings is 1. The van der Waals surface area contributed by atoms with E-state index in [1.54, 1.807) is 24.4 Å². The third kappa shape index (κ3) is 4.98. The van der Waals surface area contributed by atoms with Crippen LogP contribution in [0.2, 0.25) is 0 Å². The molecule has 8 heteroatoms. The third-order valence-electron chi connectivity index (χ3n) is 5.25. The standard InChI is InChI=1S/C22H25N5O2.ClH/c1-15-5-3-7-20(16(15)2)29-21-9-8-17(13-24-21)25-22(28)19-10-12-27(26-19)18-6-4-11-23-14-18;/h3,5,7-10,12-13,18,23H,4,6,11,14H2,1-2H3,(H,25,28);1H. The molecular formula is C22H26ClN5O2. The van der Waals surface area contributed by atoms with Crippen LogP contribution in [-0.2, 0) is 0 Å². The Morgan fingerprint density at radius 3 is 2.83 bits per heavy atom. The number of hydrogen-bond donors (Lipinski definition) is 2. The fourth-order valence-corrected chi connectivity index (χ4v) is 3.38. The van der Waals surface area contributed by atoms with E-state index >= 15 is 0 Å². The van der Waals surface area contributed by atoms with Gasteiger partial charge in [-0.2, -0.15) is 5.10 Å². The Hall–Kier alpha value is -2.90. The summed E-state index contributed by atoms with van der Waals surface area (Å²) in [5, 5.41) is 10.6. The van der Waals surface area contributed by atoms with Gasteiger partial charge in [0.15, 0.2) is 5.69 Å². The number of pyridine rings is 1. The zero-order chi connectivity index (χ0) is 20.2. The van der Waals surface area contributed by atoms with Gasteiger partial charge in [-0.1, -0.05) is 12.1 Å². The predicted octanol–water partition coefficient (Wildman–Crippen LogP) is 4.29. The molecule has 1 atom stereocenters. The number of amides is 1. The maximum atomic E-state index is 12.5. The van der Waals surface area contributed by atoms with Crippen molar-refractivity contribution in [1.82, 2.24) is 20.1 Å². The Kier molecular flexibility index (Phi) is 7.07. The second kappa shape index (κ2) is 9.73. The number of aromatic nitrogens is 3. The number of carbonyl (C=O) groups is 1. The fourth-order valence-electron chi connectivity index (χ4n) is 3.38. The van der Waals surface area contributed by atoms with E-state index in [4.69, 9.17) is 4.74 Å². The minimum absolute atomic E-state index is 0. The van der Waals surface area contributed by atoms with E-state index in [-0.39, 0.29) is 18.3 Å². The van der Waals surface area contributed by atoms with E-state index in [0.29, 0.717) is 23.3 Å². The number of anilines is 1. The van der Waals surface area contributed by atoms with Crippen molar-refractivity contribution in [1.29, 1.82) is 0 Å². The lowest BCUT2D eigenvalue weighted by Gasteiger charge is -2.22. The van der Waals surface area contributed by atoms with Gasteiger partial charge >= 0.3 is 0 Å². The molecule has 0 saturated carbocycles. The van der Waals surface area contributed by atoms with Crippen molar-refractivity contribution in [2.45, 2.75) is 32.7 Å². The Morgan fingerprint density at radius 1 is 1.23 bits per heavy atom. The zero-order valence-electron chi connectivity index (χ0n) is 17.1. The highest BCUT2D eigenvalue weighted by molar-refractivity contribution is 6.02. The highest BCUT2D eigenvalue weighted by Gasteiger charge is 2.18. The van der Waals surface area contributed by atoms with Crippen molar-refractivity contribution in [2.24, 2.45) is 0 Å². The van der Waals surface area contributed by atoms with E-state index in [2.05, 4.69) is 20.7 Å². The van der Waals surface area contributed by atoms with Gasteiger partial charge in [0.25, 0.3) is 5.91 Å². The Balaban J connectivity index is 0.00000256. The van der Waals surface area contributed by atoms with Crippen LogP contribution < -0.4 is 15.4 Å². The summed E-state index contributed by atoms with van der Waals surface area (Å²) in [5.41, 5.74) is 3.23. The smallest absolute Gasteiger partial charge is 0.276 e. The van der Waals surface area contributed by atoms with E-state index < -0.39 is 0 Å². The number of rotatable bonds is 5. The van der Waals surface area contributed by atoms with Gasteiger partial charge in [0, 0.05) is 18.8 Å². The Morgan fingerprint density at radius 2 is 2.10 bits per heavy atom. The van der Waals surface area contributed by atoms with Crippen LogP contribution in [0.25, 0.3) is 0 Å². The number of nitrogens with one attached hydrogen (secondary N) is 2. The molecule has 0 spiro atoms. The van der Waals surface area contributed by atoms with Crippen molar-refractivity contribution in [3.8, 4) is 11.6 Å². The van der Waals surface area contributed by atoms with Crippen molar-refractivity contribution in [3.05, 3.63) is 65.6 Å². The van der Waals surface area contributed by atoms with Crippen LogP contribution in [0, 0.1) is 13.8 Å². The monoisotopic (exact) mass is 427 g/mol. The zero-order valence-corrected chi connectivity index (χ0v) is 17.9. The van der Waals surface area contributed by atoms with E-state index in [1.807, 2.05) is 42.9 Å². The SMILES string of the molecule is Cc1cccc(Oc2ccc(NC(=O)c3ccn(C4CCCNC4)n3)cn2)c1C.Cl. The molecule has 2 N–H and O–H groups in total. The van der Waals surface area contributed by atoms with Crippen molar-refractivity contribution < 1.29 is 9.53 Å². The normalized spacial score (nSPS) is 15.9. The van der Waals surface area contributed by atoms with Crippen LogP contribution in [-0.4, -0.2) is 33.8 Å². The predicted molar refractivity (Wildman–Crippen MR) is 119 cm³/mol. The number of nitrogens with zero attached hydrogens (tertiary/aromatic N) is 3. The van der Waals surface area contributed by atoms with Crippen LogP contribution in [0.4, 0.5) is 5.69 Å². The summed E-state index contributed by atoms with van der Waals surface area (Å²) in [6.07, 6.45) is 5.64. The summed E-state index contributed by atoms with van der Waals surface area (Å²) in [4.78, 5) is 16.8. The van der Waals surface area contributed by atoms with Crippen molar-refractivity contribution in [3.63, 3.8) is 0 Å². The topological polar surface area (TPSA) is 81.1 Å². The Labute approximate surface area is 182 Å². The Bertz CT molecular complexity index is 997. The van der Waals surface area contributed by atoms with E-state index in [9.17, 15) is 4.79 Å². The number of halogens is 1. The molecular weight excluding hydrogens is 402 g/mol. The molecule has 0 aliphatic carbocycles. The van der Waals surface area contributed by atoms with E-state index in [0.717, 1.165) is 42.8 Å². The molecule has 3 aromatic rings. The fraction of sp³-hybridized carbons (Fsp3) is 0.318. The lowest BCUT2D eigenvalue weighted by molar-refractivity contribution is 0.102. The highest BCUT2D eigenvalue weighted by Crippen LogP contribution is 2.26. The summed E-state index contributed by atoms with van der Waals surface area (Å²) in [6.45, 7) is 5.98. The van der Waals surface area contributed by atoms with Crippen LogP contribution in [0.15, 0.2) is 48.8 Å². The summed E-state index contributed by atoms with van der Waals surface area (Å²) in [5.74, 6) is 1.00. The second-order valence-electron chi connectivity index (χ2n) is 7.32. The molecule has 1 aromatic carbocycles. The minimum atomic E-state index is -0.252. The van der Waals surface area contributed by atoms with Gasteiger partial charge in [0.1, 0.15) is 5.75 Å². The molecule has 1 unspecified atom stereocenters. The average molecular weight is 428 g/mol. The van der Waals surface area contributed by atoms with Gasteiger partial charge in [0.2, 0.25) is 5.88 Å². The van der Waals surface area contributed by atoms with Crippen LogP contribution in [0.1, 0.15) is 40.5 Å². The average Bonchev–Trinajstić information content (AvgIpc) is 3.24. The summed E-state index contributed by atoms with van der Waals surface area (Å²) in [6, 6.07) is 11.5. The van der Waals surface area contributed by atoms with Crippen LogP contribution in [0.5, 0.6) is 11.6 Å². The van der Waals surface area contributed by atoms with Gasteiger partial charge in [0.05, 0.1) is 17.9 Å². The molecule has 2 aromatic heterocycles. The quantitative estimate of drug-likeness (QED) is 0.635. The minimum Gasteiger partial charge on any atom is -0.439 e. The lowest BCUT2D eigenvalue weighted by Crippen LogP contribution is -2.32. The molecule has 0 bridgehead atoms. The molecule has 1 amide bonds. The first-order valence-corrected chi connectivity index (χ1v) is 9.87. The lowest BCUT2D eigenvalue weighted by atomic mass is 10.1. The van der Waals surface area contributed by atoms with Gasteiger partial charge in [-0.25, -0.2) is 4.98 Å². The van der Waals surface area contributed by atoms with Gasteiger partial charge in [-0.3, -0.25) is 9.48 Å². The second-order valence-corrected chi connectivity index (χ2v) is 7.32. The number of benzene rings is 1. The molecule has 7 nitrogen and oxygen atoms in total. The molecule has 1 fully saturated rings. The van der Waals surface area contributed by atoms with Crippen molar-refractivity contribution in [2.75, 3.05) is 18.4 Å². The first-order chi connectivity index (χ1) is 14.1. The first-order valence-electron chi connectivity index (χ1n) is 9.87. The first kappa shape index (κ1) is 21.8. The van der Waals surface area contributed by atoms with Gasteiger partial charge in [-0.15, -0.1) is 12.4 Å². The molecule has 30 heavy (non-hydrogen) atoms. The summed E-state index contributed by atoms with van der Waals surface area (Å²) >= 11 is 0. The number of ether oxygens (including phenoxy) is 1. The molecule has 1 aliphatic heterocycles. The molecule has 1 saturated heterocycles. The number of hydrogen-bond acceptors (Lipinski definition) is 5. The molecule has 158 valence electrons. The van der Waals surface area contributed by atoms with Crippen LogP contribution in [0.3, 0.4) is 0 Å².